The number of hydrogen-bond donors (Lipinski definition) is 0. The van der Waals surface area contributed by atoms with Crippen LogP contribution in [0.4, 0.5) is 0 Å². The van der Waals surface area contributed by atoms with Gasteiger partial charge in [0.15, 0.2) is 0 Å². The van der Waals surface area contributed by atoms with Gasteiger partial charge >= 0.3 is 0 Å². The molecule has 3 heteroatoms. The zero-order valence-electron chi connectivity index (χ0n) is 8.12. The molecule has 1 rings (SSSR count). The lowest BCUT2D eigenvalue weighted by molar-refractivity contribution is -0.131. The standard InChI is InChI=1S/C10H16N2O/c1-2-6-12(7-5-11)10(13)8-9-3-4-9/h9H,2-4,6-8H2,1H3. The Morgan fingerprint density at radius 3 is 2.77 bits per heavy atom. The first-order valence-electron chi connectivity index (χ1n) is 4.92. The summed E-state index contributed by atoms with van der Waals surface area (Å²) >= 11 is 0. The molecule has 1 fully saturated rings. The van der Waals surface area contributed by atoms with Crippen LogP contribution in [0.1, 0.15) is 32.6 Å². The zero-order valence-corrected chi connectivity index (χ0v) is 8.12. The molecule has 0 aromatic carbocycles. The second kappa shape index (κ2) is 4.86. The quantitative estimate of drug-likeness (QED) is 0.602. The number of hydrogen-bond acceptors (Lipinski definition) is 2. The Labute approximate surface area is 79.3 Å². The minimum atomic E-state index is 0.158. The Hall–Kier alpha value is -1.04. The van der Waals surface area contributed by atoms with E-state index in [4.69, 9.17) is 5.26 Å². The van der Waals surface area contributed by atoms with Crippen LogP contribution in [0.15, 0.2) is 0 Å². The summed E-state index contributed by atoms with van der Waals surface area (Å²) in [6, 6.07) is 2.03. The molecule has 1 amide bonds. The van der Waals surface area contributed by atoms with Crippen molar-refractivity contribution in [2.75, 3.05) is 13.1 Å². The van der Waals surface area contributed by atoms with Crippen LogP contribution in [-0.4, -0.2) is 23.9 Å². The van der Waals surface area contributed by atoms with Gasteiger partial charge in [-0.15, -0.1) is 0 Å². The lowest BCUT2D eigenvalue weighted by atomic mass is 10.2. The first-order valence-corrected chi connectivity index (χ1v) is 4.92. The molecule has 0 N–H and O–H groups in total. The summed E-state index contributed by atoms with van der Waals surface area (Å²) in [7, 11) is 0. The highest BCUT2D eigenvalue weighted by molar-refractivity contribution is 5.76. The first kappa shape index (κ1) is 10.0. The average Bonchev–Trinajstić information content (AvgIpc) is 2.88. The normalized spacial score (nSPS) is 15.1. The molecule has 0 saturated heterocycles. The fourth-order valence-electron chi connectivity index (χ4n) is 1.35. The van der Waals surface area contributed by atoms with Crippen LogP contribution >= 0.6 is 0 Å². The van der Waals surface area contributed by atoms with Crippen molar-refractivity contribution >= 4 is 5.91 Å². The molecular formula is C10H16N2O. The largest absolute Gasteiger partial charge is 0.329 e. The molecule has 0 heterocycles. The van der Waals surface area contributed by atoms with Crippen LogP contribution in [0, 0.1) is 17.2 Å². The van der Waals surface area contributed by atoms with Gasteiger partial charge in [-0.3, -0.25) is 4.79 Å². The second-order valence-corrected chi connectivity index (χ2v) is 3.62. The molecule has 13 heavy (non-hydrogen) atoms. The molecular weight excluding hydrogens is 164 g/mol. The maximum atomic E-state index is 11.5. The number of nitrogens with zero attached hydrogens (tertiary/aromatic N) is 2. The van der Waals surface area contributed by atoms with Gasteiger partial charge in [0.05, 0.1) is 6.07 Å². The molecule has 0 aliphatic heterocycles. The van der Waals surface area contributed by atoms with E-state index in [9.17, 15) is 4.79 Å². The summed E-state index contributed by atoms with van der Waals surface area (Å²) in [4.78, 5) is 13.2. The molecule has 3 nitrogen and oxygen atoms in total. The summed E-state index contributed by atoms with van der Waals surface area (Å²) in [5.41, 5.74) is 0. The van der Waals surface area contributed by atoms with Gasteiger partial charge in [-0.1, -0.05) is 6.92 Å². The van der Waals surface area contributed by atoms with Gasteiger partial charge in [0.2, 0.25) is 5.91 Å². The van der Waals surface area contributed by atoms with Crippen LogP contribution in [0.2, 0.25) is 0 Å². The Morgan fingerprint density at radius 2 is 2.31 bits per heavy atom. The number of carbonyl (C=O) groups excluding carboxylic acids is 1. The van der Waals surface area contributed by atoms with E-state index in [0.717, 1.165) is 13.0 Å². The highest BCUT2D eigenvalue weighted by Gasteiger charge is 2.26. The van der Waals surface area contributed by atoms with E-state index in [-0.39, 0.29) is 12.5 Å². The fraction of sp³-hybridized carbons (Fsp3) is 0.800. The van der Waals surface area contributed by atoms with Crippen LogP contribution in [0.5, 0.6) is 0 Å². The number of amides is 1. The Kier molecular flexibility index (Phi) is 3.75. The minimum absolute atomic E-state index is 0.158. The Morgan fingerprint density at radius 1 is 1.62 bits per heavy atom. The van der Waals surface area contributed by atoms with E-state index in [1.807, 2.05) is 13.0 Å². The van der Waals surface area contributed by atoms with E-state index in [1.165, 1.54) is 12.8 Å². The minimum Gasteiger partial charge on any atom is -0.329 e. The number of rotatable bonds is 5. The van der Waals surface area contributed by atoms with E-state index < -0.39 is 0 Å². The zero-order chi connectivity index (χ0) is 9.68. The van der Waals surface area contributed by atoms with Crippen molar-refractivity contribution in [3.63, 3.8) is 0 Å². The van der Waals surface area contributed by atoms with E-state index in [2.05, 4.69) is 0 Å². The van der Waals surface area contributed by atoms with E-state index >= 15 is 0 Å². The first-order chi connectivity index (χ1) is 6.27. The van der Waals surface area contributed by atoms with Gasteiger partial charge in [-0.2, -0.15) is 5.26 Å². The Balaban J connectivity index is 2.32. The summed E-state index contributed by atoms with van der Waals surface area (Å²) < 4.78 is 0. The van der Waals surface area contributed by atoms with E-state index in [1.54, 1.807) is 4.90 Å². The molecule has 0 radical (unpaired) electrons. The second-order valence-electron chi connectivity index (χ2n) is 3.62. The molecule has 0 spiro atoms. The number of carbonyl (C=O) groups is 1. The van der Waals surface area contributed by atoms with Crippen LogP contribution < -0.4 is 0 Å². The van der Waals surface area contributed by atoms with Crippen molar-refractivity contribution in [1.29, 1.82) is 5.26 Å². The molecule has 1 saturated carbocycles. The van der Waals surface area contributed by atoms with Crippen LogP contribution in [0.25, 0.3) is 0 Å². The maximum Gasteiger partial charge on any atom is 0.223 e. The molecule has 72 valence electrons. The van der Waals surface area contributed by atoms with Gasteiger partial charge < -0.3 is 4.90 Å². The fourth-order valence-corrected chi connectivity index (χ4v) is 1.35. The van der Waals surface area contributed by atoms with E-state index in [0.29, 0.717) is 12.3 Å². The van der Waals surface area contributed by atoms with Gasteiger partial charge in [0.25, 0.3) is 0 Å². The van der Waals surface area contributed by atoms with Gasteiger partial charge in [0, 0.05) is 13.0 Å². The van der Waals surface area contributed by atoms with Crippen molar-refractivity contribution < 1.29 is 4.79 Å². The maximum absolute atomic E-state index is 11.5. The predicted molar refractivity (Wildman–Crippen MR) is 49.8 cm³/mol. The molecule has 0 aromatic heterocycles. The summed E-state index contributed by atoms with van der Waals surface area (Å²) in [5, 5.41) is 8.52. The third kappa shape index (κ3) is 3.45. The summed E-state index contributed by atoms with van der Waals surface area (Å²) in [5.74, 6) is 0.774. The third-order valence-corrected chi connectivity index (χ3v) is 2.27. The summed E-state index contributed by atoms with van der Waals surface area (Å²) in [6.45, 7) is 2.99. The Bertz CT molecular complexity index is 215. The molecule has 0 bridgehead atoms. The third-order valence-electron chi connectivity index (χ3n) is 2.27. The van der Waals surface area contributed by atoms with Gasteiger partial charge in [0.1, 0.15) is 6.54 Å². The molecule has 0 unspecified atom stereocenters. The topological polar surface area (TPSA) is 44.1 Å². The van der Waals surface area contributed by atoms with Gasteiger partial charge in [-0.05, 0) is 25.2 Å². The SMILES string of the molecule is CCCN(CC#N)C(=O)CC1CC1. The average molecular weight is 180 g/mol. The van der Waals surface area contributed by atoms with Crippen molar-refractivity contribution in [3.8, 4) is 6.07 Å². The summed E-state index contributed by atoms with van der Waals surface area (Å²) in [6.07, 6.45) is 3.97. The molecule has 1 aliphatic carbocycles. The van der Waals surface area contributed by atoms with Crippen LogP contribution in [-0.2, 0) is 4.79 Å². The smallest absolute Gasteiger partial charge is 0.223 e. The number of nitriles is 1. The van der Waals surface area contributed by atoms with Crippen molar-refractivity contribution in [1.82, 2.24) is 4.90 Å². The predicted octanol–water partition coefficient (Wildman–Crippen LogP) is 1.55. The van der Waals surface area contributed by atoms with Crippen molar-refractivity contribution in [2.24, 2.45) is 5.92 Å². The van der Waals surface area contributed by atoms with Crippen molar-refractivity contribution in [3.05, 3.63) is 0 Å². The monoisotopic (exact) mass is 180 g/mol. The molecule has 0 atom stereocenters. The lowest BCUT2D eigenvalue weighted by Crippen LogP contribution is -2.32. The molecule has 1 aliphatic rings. The van der Waals surface area contributed by atoms with Crippen molar-refractivity contribution in [2.45, 2.75) is 32.6 Å². The lowest BCUT2D eigenvalue weighted by Gasteiger charge is -2.18. The highest BCUT2D eigenvalue weighted by Crippen LogP contribution is 2.32. The van der Waals surface area contributed by atoms with Crippen LogP contribution in [0.3, 0.4) is 0 Å². The molecule has 0 aromatic rings. The van der Waals surface area contributed by atoms with Gasteiger partial charge in [-0.25, -0.2) is 0 Å². The highest BCUT2D eigenvalue weighted by atomic mass is 16.2.